The molecular weight excluding hydrogens is 244 g/mol. The number of benzene rings is 2. The largest absolute Gasteiger partial charge is 0.368 e. The molecule has 0 aliphatic carbocycles. The van der Waals surface area contributed by atoms with E-state index in [1.165, 1.54) is 16.8 Å². The minimum absolute atomic E-state index is 0.427. The highest BCUT2D eigenvalue weighted by molar-refractivity contribution is 5.48. The standard InChI is InChI=1S/C18H22N2/c1-2-15-8-10-17(11-9-15)20-13-12-19-18(14-20)16-6-4-3-5-7-16/h3-11,18-19H,2,12-14H2,1H3. The number of nitrogens with one attached hydrogen (secondary N) is 1. The summed E-state index contributed by atoms with van der Waals surface area (Å²) in [5, 5.41) is 3.62. The molecule has 1 heterocycles. The summed E-state index contributed by atoms with van der Waals surface area (Å²) in [6.07, 6.45) is 1.11. The second-order valence-corrected chi connectivity index (χ2v) is 5.38. The second-order valence-electron chi connectivity index (χ2n) is 5.38. The Kier molecular flexibility index (Phi) is 4.03. The lowest BCUT2D eigenvalue weighted by Gasteiger charge is -2.35. The van der Waals surface area contributed by atoms with Crippen LogP contribution in [0.4, 0.5) is 5.69 Å². The Morgan fingerprint density at radius 2 is 1.80 bits per heavy atom. The SMILES string of the molecule is CCc1ccc(N2CCNC(c3ccccc3)C2)cc1. The molecule has 1 saturated heterocycles. The monoisotopic (exact) mass is 266 g/mol. The molecule has 1 atom stereocenters. The van der Waals surface area contributed by atoms with E-state index in [1.54, 1.807) is 0 Å². The van der Waals surface area contributed by atoms with E-state index in [-0.39, 0.29) is 0 Å². The second kappa shape index (κ2) is 6.10. The summed E-state index contributed by atoms with van der Waals surface area (Å²) in [6.45, 7) is 5.35. The maximum atomic E-state index is 3.62. The van der Waals surface area contributed by atoms with Gasteiger partial charge in [-0.1, -0.05) is 49.4 Å². The van der Waals surface area contributed by atoms with E-state index in [0.717, 1.165) is 26.1 Å². The van der Waals surface area contributed by atoms with Crippen LogP contribution in [0.5, 0.6) is 0 Å². The zero-order chi connectivity index (χ0) is 13.8. The summed E-state index contributed by atoms with van der Waals surface area (Å²) in [7, 11) is 0. The highest BCUT2D eigenvalue weighted by atomic mass is 15.2. The maximum absolute atomic E-state index is 3.62. The molecule has 1 aliphatic rings. The molecule has 1 N–H and O–H groups in total. The third-order valence-corrected chi connectivity index (χ3v) is 4.09. The van der Waals surface area contributed by atoms with E-state index < -0.39 is 0 Å². The first-order chi connectivity index (χ1) is 9.86. The Hall–Kier alpha value is -1.80. The van der Waals surface area contributed by atoms with Gasteiger partial charge in [-0.25, -0.2) is 0 Å². The van der Waals surface area contributed by atoms with Gasteiger partial charge in [-0.2, -0.15) is 0 Å². The van der Waals surface area contributed by atoms with Crippen molar-refractivity contribution < 1.29 is 0 Å². The number of hydrogen-bond acceptors (Lipinski definition) is 2. The van der Waals surface area contributed by atoms with E-state index in [4.69, 9.17) is 0 Å². The van der Waals surface area contributed by atoms with Gasteiger partial charge in [-0.15, -0.1) is 0 Å². The fraction of sp³-hybridized carbons (Fsp3) is 0.333. The molecule has 0 spiro atoms. The Morgan fingerprint density at radius 1 is 1.05 bits per heavy atom. The van der Waals surface area contributed by atoms with Crippen LogP contribution < -0.4 is 10.2 Å². The third-order valence-electron chi connectivity index (χ3n) is 4.09. The van der Waals surface area contributed by atoms with Crippen molar-refractivity contribution >= 4 is 5.69 Å². The van der Waals surface area contributed by atoms with Crippen molar-refractivity contribution in [3.63, 3.8) is 0 Å². The summed E-state index contributed by atoms with van der Waals surface area (Å²) in [5.74, 6) is 0. The Bertz CT molecular complexity index is 533. The number of anilines is 1. The van der Waals surface area contributed by atoms with Crippen molar-refractivity contribution in [2.45, 2.75) is 19.4 Å². The maximum Gasteiger partial charge on any atom is 0.0498 e. The molecule has 0 saturated carbocycles. The van der Waals surface area contributed by atoms with Crippen molar-refractivity contribution in [1.82, 2.24) is 5.32 Å². The normalized spacial score (nSPS) is 19.1. The number of piperazine rings is 1. The van der Waals surface area contributed by atoms with Crippen molar-refractivity contribution in [1.29, 1.82) is 0 Å². The summed E-state index contributed by atoms with van der Waals surface area (Å²) in [5.41, 5.74) is 4.12. The summed E-state index contributed by atoms with van der Waals surface area (Å²) >= 11 is 0. The van der Waals surface area contributed by atoms with Crippen LogP contribution in [0, 0.1) is 0 Å². The summed E-state index contributed by atoms with van der Waals surface area (Å²) in [4.78, 5) is 2.48. The highest BCUT2D eigenvalue weighted by Crippen LogP contribution is 2.22. The lowest BCUT2D eigenvalue weighted by molar-refractivity contribution is 0.472. The van der Waals surface area contributed by atoms with Crippen LogP contribution in [-0.4, -0.2) is 19.6 Å². The van der Waals surface area contributed by atoms with Crippen LogP contribution in [0.25, 0.3) is 0 Å². The lowest BCUT2D eigenvalue weighted by Crippen LogP contribution is -2.45. The average Bonchev–Trinajstić information content (AvgIpc) is 2.56. The molecular formula is C18H22N2. The fourth-order valence-electron chi connectivity index (χ4n) is 2.84. The van der Waals surface area contributed by atoms with Gasteiger partial charge >= 0.3 is 0 Å². The van der Waals surface area contributed by atoms with Crippen LogP contribution >= 0.6 is 0 Å². The predicted molar refractivity (Wildman–Crippen MR) is 85.2 cm³/mol. The van der Waals surface area contributed by atoms with E-state index in [2.05, 4.69) is 71.7 Å². The van der Waals surface area contributed by atoms with E-state index in [1.807, 2.05) is 0 Å². The van der Waals surface area contributed by atoms with Gasteiger partial charge in [0.25, 0.3) is 0 Å². The number of hydrogen-bond donors (Lipinski definition) is 1. The smallest absolute Gasteiger partial charge is 0.0498 e. The zero-order valence-corrected chi connectivity index (χ0v) is 12.0. The Morgan fingerprint density at radius 3 is 2.50 bits per heavy atom. The molecule has 0 bridgehead atoms. The molecule has 1 unspecified atom stereocenters. The van der Waals surface area contributed by atoms with E-state index in [9.17, 15) is 0 Å². The molecule has 20 heavy (non-hydrogen) atoms. The van der Waals surface area contributed by atoms with Crippen molar-refractivity contribution in [2.24, 2.45) is 0 Å². The highest BCUT2D eigenvalue weighted by Gasteiger charge is 2.20. The Balaban J connectivity index is 1.74. The number of aryl methyl sites for hydroxylation is 1. The molecule has 1 aliphatic heterocycles. The molecule has 2 aromatic rings. The van der Waals surface area contributed by atoms with Gasteiger partial charge in [0, 0.05) is 31.4 Å². The minimum atomic E-state index is 0.427. The summed E-state index contributed by atoms with van der Waals surface area (Å²) in [6, 6.07) is 20.2. The molecule has 2 nitrogen and oxygen atoms in total. The molecule has 0 amide bonds. The number of nitrogens with zero attached hydrogens (tertiary/aromatic N) is 1. The van der Waals surface area contributed by atoms with Crippen molar-refractivity contribution in [2.75, 3.05) is 24.5 Å². The molecule has 2 aromatic carbocycles. The van der Waals surface area contributed by atoms with Crippen molar-refractivity contribution in [3.8, 4) is 0 Å². The molecule has 3 rings (SSSR count). The first-order valence-electron chi connectivity index (χ1n) is 7.49. The van der Waals surface area contributed by atoms with Gasteiger partial charge in [-0.05, 0) is 29.7 Å². The molecule has 104 valence electrons. The van der Waals surface area contributed by atoms with Gasteiger partial charge in [-0.3, -0.25) is 0 Å². The first-order valence-corrected chi connectivity index (χ1v) is 7.49. The quantitative estimate of drug-likeness (QED) is 0.916. The molecule has 1 fully saturated rings. The number of rotatable bonds is 3. The van der Waals surface area contributed by atoms with E-state index in [0.29, 0.717) is 6.04 Å². The van der Waals surface area contributed by atoms with Crippen molar-refractivity contribution in [3.05, 3.63) is 65.7 Å². The predicted octanol–water partition coefficient (Wildman–Crippen LogP) is 3.40. The Labute approximate surface area is 121 Å². The zero-order valence-electron chi connectivity index (χ0n) is 12.0. The van der Waals surface area contributed by atoms with Crippen LogP contribution in [0.2, 0.25) is 0 Å². The van der Waals surface area contributed by atoms with Gasteiger partial charge in [0.1, 0.15) is 0 Å². The van der Waals surface area contributed by atoms with Gasteiger partial charge < -0.3 is 10.2 Å². The average molecular weight is 266 g/mol. The molecule has 0 aromatic heterocycles. The first kappa shape index (κ1) is 13.2. The fourth-order valence-corrected chi connectivity index (χ4v) is 2.84. The van der Waals surface area contributed by atoms with E-state index >= 15 is 0 Å². The lowest BCUT2D eigenvalue weighted by atomic mass is 10.0. The van der Waals surface area contributed by atoms with Gasteiger partial charge in [0.2, 0.25) is 0 Å². The van der Waals surface area contributed by atoms with Crippen LogP contribution in [0.15, 0.2) is 54.6 Å². The molecule has 2 heteroatoms. The summed E-state index contributed by atoms with van der Waals surface area (Å²) < 4.78 is 0. The third kappa shape index (κ3) is 2.86. The van der Waals surface area contributed by atoms with Gasteiger partial charge in [0.15, 0.2) is 0 Å². The van der Waals surface area contributed by atoms with Gasteiger partial charge in [0.05, 0.1) is 0 Å². The van der Waals surface area contributed by atoms with Crippen LogP contribution in [0.3, 0.4) is 0 Å². The van der Waals surface area contributed by atoms with Crippen LogP contribution in [-0.2, 0) is 6.42 Å². The molecule has 0 radical (unpaired) electrons. The minimum Gasteiger partial charge on any atom is -0.368 e. The van der Waals surface area contributed by atoms with Crippen LogP contribution in [0.1, 0.15) is 24.1 Å². The topological polar surface area (TPSA) is 15.3 Å².